The first-order valence-electron chi connectivity index (χ1n) is 11.9. The fourth-order valence-corrected chi connectivity index (χ4v) is 5.28. The van der Waals surface area contributed by atoms with Crippen molar-refractivity contribution in [2.45, 2.75) is 12.1 Å². The topological polar surface area (TPSA) is 80.7 Å². The Bertz CT molecular complexity index is 1440. The molecule has 0 radical (unpaired) electrons. The summed E-state index contributed by atoms with van der Waals surface area (Å²) in [6.07, 6.45) is 3.82. The van der Waals surface area contributed by atoms with Crippen LogP contribution in [-0.4, -0.2) is 41.4 Å². The minimum atomic E-state index is -0.280. The maximum Gasteiger partial charge on any atom is 0.250 e. The van der Waals surface area contributed by atoms with Crippen molar-refractivity contribution in [2.24, 2.45) is 0 Å². The first-order valence-corrected chi connectivity index (χ1v) is 13.1. The van der Waals surface area contributed by atoms with E-state index in [4.69, 9.17) is 21.7 Å². The van der Waals surface area contributed by atoms with Gasteiger partial charge < -0.3 is 29.6 Å². The molecule has 0 spiro atoms. The molecule has 10 heteroatoms. The highest BCUT2D eigenvalue weighted by atomic mass is 79.9. The minimum absolute atomic E-state index is 0.0673. The van der Waals surface area contributed by atoms with E-state index < -0.39 is 0 Å². The van der Waals surface area contributed by atoms with Crippen LogP contribution < -0.4 is 20.3 Å². The largest absolute Gasteiger partial charge is 0.495 e. The molecule has 0 saturated carbocycles. The number of carbonyl (C=O) groups is 1. The van der Waals surface area contributed by atoms with Gasteiger partial charge in [0.25, 0.3) is 0 Å². The van der Waals surface area contributed by atoms with E-state index in [-0.39, 0.29) is 24.6 Å². The van der Waals surface area contributed by atoms with E-state index in [0.29, 0.717) is 16.5 Å². The van der Waals surface area contributed by atoms with Gasteiger partial charge in [0, 0.05) is 41.0 Å². The number of carbonyl (C=O) groups excluding carboxylic acids is 1. The maximum absolute atomic E-state index is 12.3. The normalized spacial score (nSPS) is 16.8. The van der Waals surface area contributed by atoms with Gasteiger partial charge in [-0.05, 0) is 78.9 Å². The zero-order valence-corrected chi connectivity index (χ0v) is 23.2. The molecular weight excluding hydrogens is 566 g/mol. The van der Waals surface area contributed by atoms with Gasteiger partial charge in [-0.25, -0.2) is 0 Å². The number of nitrogens with zero attached hydrogens (tertiary/aromatic N) is 3. The number of anilines is 2. The molecule has 194 valence electrons. The molecule has 38 heavy (non-hydrogen) atoms. The molecule has 2 atom stereocenters. The van der Waals surface area contributed by atoms with Crippen molar-refractivity contribution < 1.29 is 14.3 Å². The molecule has 1 saturated heterocycles. The van der Waals surface area contributed by atoms with Crippen LogP contribution in [0.2, 0.25) is 0 Å². The van der Waals surface area contributed by atoms with Crippen LogP contribution in [-0.2, 0) is 9.53 Å². The summed E-state index contributed by atoms with van der Waals surface area (Å²) in [6, 6.07) is 23.3. The third-order valence-electron chi connectivity index (χ3n) is 6.30. The van der Waals surface area contributed by atoms with Crippen LogP contribution in [0.4, 0.5) is 11.4 Å². The number of aromatic nitrogens is 2. The molecule has 0 aliphatic carbocycles. The Hall–Kier alpha value is -3.73. The van der Waals surface area contributed by atoms with E-state index in [1.807, 2.05) is 60.8 Å². The highest BCUT2D eigenvalue weighted by Crippen LogP contribution is 2.43. The molecule has 1 aliphatic heterocycles. The molecule has 4 aromatic rings. The van der Waals surface area contributed by atoms with Crippen molar-refractivity contribution in [3.05, 3.63) is 101 Å². The number of hydrogen-bond donors (Lipinski definition) is 2. The maximum atomic E-state index is 12.3. The van der Waals surface area contributed by atoms with E-state index >= 15 is 0 Å². The second-order valence-corrected chi connectivity index (χ2v) is 9.94. The summed E-state index contributed by atoms with van der Waals surface area (Å²) < 4.78 is 13.6. The van der Waals surface area contributed by atoms with Crippen LogP contribution in [0.15, 0.2) is 89.7 Å². The van der Waals surface area contributed by atoms with Crippen LogP contribution >= 0.6 is 28.1 Å². The van der Waals surface area contributed by atoms with Gasteiger partial charge >= 0.3 is 0 Å². The SMILES string of the molecule is COCC(=O)Nc1cc(N2C(=S)NC(c3ccccn3)C2c2cccn2-c2ccc(Br)cc2)ccc1OC. The molecule has 2 N–H and O–H groups in total. The number of pyridine rings is 1. The Labute approximate surface area is 234 Å². The molecule has 1 amide bonds. The molecule has 3 heterocycles. The highest BCUT2D eigenvalue weighted by Gasteiger charge is 2.42. The summed E-state index contributed by atoms with van der Waals surface area (Å²) in [5.41, 5.74) is 4.23. The predicted octanol–water partition coefficient (Wildman–Crippen LogP) is 5.41. The summed E-state index contributed by atoms with van der Waals surface area (Å²) in [4.78, 5) is 19.0. The number of rotatable bonds is 8. The second-order valence-electron chi connectivity index (χ2n) is 8.64. The number of amides is 1. The Kier molecular flexibility index (Phi) is 7.73. The van der Waals surface area contributed by atoms with Crippen molar-refractivity contribution in [3.8, 4) is 11.4 Å². The van der Waals surface area contributed by atoms with Crippen LogP contribution in [0.1, 0.15) is 23.5 Å². The van der Waals surface area contributed by atoms with Gasteiger partial charge in [0.05, 0.1) is 24.5 Å². The van der Waals surface area contributed by atoms with E-state index in [2.05, 4.69) is 59.2 Å². The molecule has 1 aliphatic rings. The molecule has 1 fully saturated rings. The van der Waals surface area contributed by atoms with Crippen LogP contribution in [0.5, 0.6) is 5.75 Å². The lowest BCUT2D eigenvalue weighted by atomic mass is 10.0. The second kappa shape index (κ2) is 11.3. The standard InChI is InChI=1S/C28H26BrN5O3S/c1-36-17-25(35)31-22-16-20(12-13-24(22)37-2)34-27(26(32-28(34)38)21-6-3-4-14-30-21)23-7-5-15-33(23)19-10-8-18(29)9-11-19/h3-16,26-27H,17H2,1-2H3,(H,31,35)(H,32,38). The quantitative estimate of drug-likeness (QED) is 0.265. The summed E-state index contributed by atoms with van der Waals surface area (Å²) >= 11 is 9.42. The third-order valence-corrected chi connectivity index (χ3v) is 7.14. The van der Waals surface area contributed by atoms with Crippen molar-refractivity contribution in [1.29, 1.82) is 0 Å². The average molecular weight is 593 g/mol. The molecule has 0 bridgehead atoms. The zero-order valence-electron chi connectivity index (χ0n) is 20.8. The van der Waals surface area contributed by atoms with Crippen molar-refractivity contribution in [2.75, 3.05) is 31.0 Å². The summed E-state index contributed by atoms with van der Waals surface area (Å²) in [6.45, 7) is -0.0673. The van der Waals surface area contributed by atoms with Crippen molar-refractivity contribution in [3.63, 3.8) is 0 Å². The number of thiocarbonyl (C=S) groups is 1. The lowest BCUT2D eigenvalue weighted by Gasteiger charge is -2.29. The fourth-order valence-electron chi connectivity index (χ4n) is 4.67. The van der Waals surface area contributed by atoms with Gasteiger partial charge in [-0.15, -0.1) is 0 Å². The predicted molar refractivity (Wildman–Crippen MR) is 155 cm³/mol. The number of benzene rings is 2. The van der Waals surface area contributed by atoms with Gasteiger partial charge in [-0.2, -0.15) is 0 Å². The fraction of sp³-hybridized carbons (Fsp3) is 0.179. The van der Waals surface area contributed by atoms with Gasteiger partial charge in [-0.3, -0.25) is 9.78 Å². The lowest BCUT2D eigenvalue weighted by molar-refractivity contribution is -0.119. The monoisotopic (exact) mass is 591 g/mol. The van der Waals surface area contributed by atoms with Gasteiger partial charge in [0.2, 0.25) is 5.91 Å². The molecule has 2 aromatic heterocycles. The molecule has 2 unspecified atom stereocenters. The molecule has 8 nitrogen and oxygen atoms in total. The third kappa shape index (κ3) is 5.15. The van der Waals surface area contributed by atoms with E-state index in [9.17, 15) is 4.79 Å². The summed E-state index contributed by atoms with van der Waals surface area (Å²) in [7, 11) is 3.04. The smallest absolute Gasteiger partial charge is 0.250 e. The summed E-state index contributed by atoms with van der Waals surface area (Å²) in [5, 5.41) is 6.91. The van der Waals surface area contributed by atoms with Gasteiger partial charge in [-0.1, -0.05) is 22.0 Å². The minimum Gasteiger partial charge on any atom is -0.495 e. The highest BCUT2D eigenvalue weighted by molar-refractivity contribution is 9.10. The van der Waals surface area contributed by atoms with Crippen LogP contribution in [0, 0.1) is 0 Å². The van der Waals surface area contributed by atoms with E-state index in [0.717, 1.165) is 27.2 Å². The van der Waals surface area contributed by atoms with Crippen molar-refractivity contribution in [1.82, 2.24) is 14.9 Å². The Morgan fingerprint density at radius 3 is 2.58 bits per heavy atom. The first kappa shape index (κ1) is 25.9. The lowest BCUT2D eigenvalue weighted by Crippen LogP contribution is -2.30. The molecule has 2 aromatic carbocycles. The summed E-state index contributed by atoms with van der Waals surface area (Å²) in [5.74, 6) is 0.254. The number of hydrogen-bond acceptors (Lipinski definition) is 5. The molecule has 5 rings (SSSR count). The zero-order chi connectivity index (χ0) is 26.6. The number of methoxy groups -OCH3 is 2. The Morgan fingerprint density at radius 2 is 1.87 bits per heavy atom. The number of ether oxygens (including phenoxy) is 2. The van der Waals surface area contributed by atoms with E-state index in [1.165, 1.54) is 7.11 Å². The average Bonchev–Trinajstić information content (AvgIpc) is 3.54. The number of nitrogens with one attached hydrogen (secondary N) is 2. The van der Waals surface area contributed by atoms with E-state index in [1.54, 1.807) is 13.3 Å². The first-order chi connectivity index (χ1) is 18.5. The molecular formula is C28H26BrN5O3S. The Balaban J connectivity index is 1.62. The van der Waals surface area contributed by atoms with Gasteiger partial charge in [0.1, 0.15) is 18.4 Å². The van der Waals surface area contributed by atoms with Crippen LogP contribution in [0.3, 0.4) is 0 Å². The van der Waals surface area contributed by atoms with Gasteiger partial charge in [0.15, 0.2) is 5.11 Å². The Morgan fingerprint density at radius 1 is 1.08 bits per heavy atom. The van der Waals surface area contributed by atoms with Crippen LogP contribution in [0.25, 0.3) is 5.69 Å². The number of halogens is 1. The van der Waals surface area contributed by atoms with Crippen molar-refractivity contribution >= 4 is 50.5 Å².